The highest BCUT2D eigenvalue weighted by Crippen LogP contribution is 2.16. The Labute approximate surface area is 190 Å². The van der Waals surface area contributed by atoms with Crippen LogP contribution in [0.2, 0.25) is 0 Å². The number of aliphatic hydroxyl groups is 2. The second-order valence-corrected chi connectivity index (χ2v) is 8.55. The number of rotatable bonds is 19. The largest absolute Gasteiger partial charge is 0.394 e. The van der Waals surface area contributed by atoms with Crippen molar-refractivity contribution in [2.75, 3.05) is 6.61 Å². The number of carbonyl (C=O) groups is 1. The number of aliphatic hydroxyl groups excluding tert-OH is 2. The SMILES string of the molecule is CCCCCCCC/C=C\CCCCCCCC(=O)NC(CO)C(O)c1ccccc1. The first kappa shape index (κ1) is 27.4. The monoisotopic (exact) mass is 431 g/mol. The number of benzene rings is 1. The van der Waals surface area contributed by atoms with Crippen molar-refractivity contribution in [1.29, 1.82) is 0 Å². The van der Waals surface area contributed by atoms with E-state index in [2.05, 4.69) is 24.4 Å². The Morgan fingerprint density at radius 2 is 1.42 bits per heavy atom. The van der Waals surface area contributed by atoms with E-state index in [1.807, 2.05) is 18.2 Å². The van der Waals surface area contributed by atoms with E-state index in [4.69, 9.17) is 0 Å². The van der Waals surface area contributed by atoms with Crippen molar-refractivity contribution >= 4 is 5.91 Å². The van der Waals surface area contributed by atoms with Gasteiger partial charge in [0.1, 0.15) is 6.10 Å². The van der Waals surface area contributed by atoms with Crippen molar-refractivity contribution in [1.82, 2.24) is 5.32 Å². The standard InChI is InChI=1S/C27H45NO3/c1-2-3-4-5-6-7-8-9-10-11-12-13-14-15-19-22-26(30)28-25(23-29)27(31)24-20-17-16-18-21-24/h9-10,16-18,20-21,25,27,29,31H,2-8,11-15,19,22-23H2,1H3,(H,28,30)/b10-9-. The van der Waals surface area contributed by atoms with Gasteiger partial charge in [0, 0.05) is 6.42 Å². The first-order chi connectivity index (χ1) is 15.2. The molecule has 0 aromatic heterocycles. The lowest BCUT2D eigenvalue weighted by Gasteiger charge is -2.22. The van der Waals surface area contributed by atoms with Gasteiger partial charge in [0.2, 0.25) is 5.91 Å². The van der Waals surface area contributed by atoms with Gasteiger partial charge in [-0.3, -0.25) is 4.79 Å². The van der Waals surface area contributed by atoms with Gasteiger partial charge in [-0.15, -0.1) is 0 Å². The number of hydrogen-bond donors (Lipinski definition) is 3. The Hall–Kier alpha value is -1.65. The summed E-state index contributed by atoms with van der Waals surface area (Å²) in [5.41, 5.74) is 0.697. The Balaban J connectivity index is 2.00. The summed E-state index contributed by atoms with van der Waals surface area (Å²) in [5, 5.41) is 22.6. The zero-order chi connectivity index (χ0) is 22.6. The molecule has 0 saturated carbocycles. The average molecular weight is 432 g/mol. The molecule has 31 heavy (non-hydrogen) atoms. The van der Waals surface area contributed by atoms with Crippen molar-refractivity contribution in [3.63, 3.8) is 0 Å². The molecule has 0 radical (unpaired) electrons. The Morgan fingerprint density at radius 3 is 2.00 bits per heavy atom. The number of carbonyl (C=O) groups excluding carboxylic acids is 1. The van der Waals surface area contributed by atoms with Crippen LogP contribution in [0.3, 0.4) is 0 Å². The van der Waals surface area contributed by atoms with Crippen molar-refractivity contribution in [3.8, 4) is 0 Å². The van der Waals surface area contributed by atoms with E-state index in [9.17, 15) is 15.0 Å². The van der Waals surface area contributed by atoms with E-state index in [1.165, 1.54) is 57.8 Å². The van der Waals surface area contributed by atoms with Crippen LogP contribution < -0.4 is 5.32 Å². The fourth-order valence-corrected chi connectivity index (χ4v) is 3.74. The lowest BCUT2D eigenvalue weighted by molar-refractivity contribution is -0.123. The molecule has 0 saturated heterocycles. The van der Waals surface area contributed by atoms with Crippen LogP contribution in [0.15, 0.2) is 42.5 Å². The highest BCUT2D eigenvalue weighted by atomic mass is 16.3. The summed E-state index contributed by atoms with van der Waals surface area (Å²) in [6, 6.07) is 8.46. The minimum Gasteiger partial charge on any atom is -0.394 e. The molecule has 0 aliphatic heterocycles. The molecule has 1 rings (SSSR count). The van der Waals surface area contributed by atoms with Gasteiger partial charge in [-0.1, -0.05) is 101 Å². The molecule has 0 aliphatic carbocycles. The summed E-state index contributed by atoms with van der Waals surface area (Å²) < 4.78 is 0. The van der Waals surface area contributed by atoms with E-state index < -0.39 is 12.1 Å². The van der Waals surface area contributed by atoms with Crippen molar-refractivity contribution < 1.29 is 15.0 Å². The third kappa shape index (κ3) is 14.1. The van der Waals surface area contributed by atoms with Crippen LogP contribution in [-0.4, -0.2) is 28.8 Å². The topological polar surface area (TPSA) is 69.6 Å². The number of amides is 1. The molecule has 1 aromatic carbocycles. The van der Waals surface area contributed by atoms with E-state index in [-0.39, 0.29) is 12.5 Å². The second kappa shape index (κ2) is 19.1. The van der Waals surface area contributed by atoms with Crippen LogP contribution in [-0.2, 0) is 4.79 Å². The predicted molar refractivity (Wildman–Crippen MR) is 130 cm³/mol. The zero-order valence-electron chi connectivity index (χ0n) is 19.6. The van der Waals surface area contributed by atoms with Gasteiger partial charge in [-0.2, -0.15) is 0 Å². The lowest BCUT2D eigenvalue weighted by atomic mass is 10.0. The summed E-state index contributed by atoms with van der Waals surface area (Å²) in [6.07, 6.45) is 20.2. The van der Waals surface area contributed by atoms with Crippen LogP contribution in [0.25, 0.3) is 0 Å². The Bertz CT molecular complexity index is 573. The van der Waals surface area contributed by atoms with Gasteiger partial charge in [-0.05, 0) is 37.7 Å². The van der Waals surface area contributed by atoms with E-state index >= 15 is 0 Å². The summed E-state index contributed by atoms with van der Waals surface area (Å²) in [5.74, 6) is -0.105. The second-order valence-electron chi connectivity index (χ2n) is 8.55. The summed E-state index contributed by atoms with van der Waals surface area (Å²) in [4.78, 5) is 12.1. The highest BCUT2D eigenvalue weighted by Gasteiger charge is 2.21. The third-order valence-corrected chi connectivity index (χ3v) is 5.73. The number of nitrogens with one attached hydrogen (secondary N) is 1. The van der Waals surface area contributed by atoms with Crippen molar-refractivity contribution in [3.05, 3.63) is 48.0 Å². The normalized spacial score (nSPS) is 13.4. The molecule has 0 spiro atoms. The van der Waals surface area contributed by atoms with E-state index in [1.54, 1.807) is 12.1 Å². The molecule has 3 N–H and O–H groups in total. The van der Waals surface area contributed by atoms with Gasteiger partial charge in [-0.25, -0.2) is 0 Å². The summed E-state index contributed by atoms with van der Waals surface area (Å²) in [6.45, 7) is 1.97. The van der Waals surface area contributed by atoms with Gasteiger partial charge < -0.3 is 15.5 Å². The van der Waals surface area contributed by atoms with Gasteiger partial charge >= 0.3 is 0 Å². The smallest absolute Gasteiger partial charge is 0.220 e. The van der Waals surface area contributed by atoms with Crippen LogP contribution in [0.4, 0.5) is 0 Å². The maximum absolute atomic E-state index is 12.1. The molecule has 0 fully saturated rings. The Morgan fingerprint density at radius 1 is 0.871 bits per heavy atom. The average Bonchev–Trinajstić information content (AvgIpc) is 2.80. The number of hydrogen-bond acceptors (Lipinski definition) is 3. The fraction of sp³-hybridized carbons (Fsp3) is 0.667. The molecule has 0 aliphatic rings. The zero-order valence-corrected chi connectivity index (χ0v) is 19.6. The maximum atomic E-state index is 12.1. The van der Waals surface area contributed by atoms with E-state index in [0.29, 0.717) is 12.0 Å². The highest BCUT2D eigenvalue weighted by molar-refractivity contribution is 5.76. The molecular formula is C27H45NO3. The molecule has 0 heterocycles. The van der Waals surface area contributed by atoms with Gasteiger partial charge in [0.15, 0.2) is 0 Å². The molecule has 176 valence electrons. The quantitative estimate of drug-likeness (QED) is 0.179. The van der Waals surface area contributed by atoms with Crippen LogP contribution in [0.5, 0.6) is 0 Å². The predicted octanol–water partition coefficient (Wildman–Crippen LogP) is 6.23. The van der Waals surface area contributed by atoms with Crippen LogP contribution >= 0.6 is 0 Å². The summed E-state index contributed by atoms with van der Waals surface area (Å²) >= 11 is 0. The Kier molecular flexibility index (Phi) is 16.8. The van der Waals surface area contributed by atoms with Gasteiger partial charge in [0.05, 0.1) is 12.6 Å². The fourth-order valence-electron chi connectivity index (χ4n) is 3.74. The van der Waals surface area contributed by atoms with Crippen LogP contribution in [0.1, 0.15) is 108 Å². The molecular weight excluding hydrogens is 386 g/mol. The lowest BCUT2D eigenvalue weighted by Crippen LogP contribution is -2.41. The molecule has 4 heteroatoms. The molecule has 2 atom stereocenters. The first-order valence-electron chi connectivity index (χ1n) is 12.5. The van der Waals surface area contributed by atoms with E-state index in [0.717, 1.165) is 25.7 Å². The molecule has 1 aromatic rings. The third-order valence-electron chi connectivity index (χ3n) is 5.73. The van der Waals surface area contributed by atoms with Crippen molar-refractivity contribution in [2.45, 2.75) is 109 Å². The number of unbranched alkanes of at least 4 members (excludes halogenated alkanes) is 11. The first-order valence-corrected chi connectivity index (χ1v) is 12.5. The van der Waals surface area contributed by atoms with Crippen molar-refractivity contribution in [2.24, 2.45) is 0 Å². The molecule has 4 nitrogen and oxygen atoms in total. The minimum absolute atomic E-state index is 0.105. The maximum Gasteiger partial charge on any atom is 0.220 e. The van der Waals surface area contributed by atoms with Crippen LogP contribution in [0, 0.1) is 0 Å². The molecule has 1 amide bonds. The number of allylic oxidation sites excluding steroid dienone is 2. The molecule has 0 bridgehead atoms. The summed E-state index contributed by atoms with van der Waals surface area (Å²) in [7, 11) is 0. The minimum atomic E-state index is -0.899. The van der Waals surface area contributed by atoms with Gasteiger partial charge in [0.25, 0.3) is 0 Å². The molecule has 2 unspecified atom stereocenters.